The van der Waals surface area contributed by atoms with Crippen LogP contribution in [0.25, 0.3) is 22.2 Å². The highest BCUT2D eigenvalue weighted by Gasteiger charge is 2.36. The van der Waals surface area contributed by atoms with E-state index in [1.54, 1.807) is 21.9 Å². The fraction of sp³-hybridized carbons (Fsp3) is 0.320. The quantitative estimate of drug-likeness (QED) is 0.554. The van der Waals surface area contributed by atoms with E-state index in [2.05, 4.69) is 0 Å². The van der Waals surface area contributed by atoms with Gasteiger partial charge in [0.25, 0.3) is 5.91 Å². The van der Waals surface area contributed by atoms with Gasteiger partial charge < -0.3 is 9.80 Å². The van der Waals surface area contributed by atoms with Crippen molar-refractivity contribution in [3.63, 3.8) is 0 Å². The Balaban J connectivity index is 1.38. The second-order valence-electron chi connectivity index (χ2n) is 8.77. The van der Waals surface area contributed by atoms with Gasteiger partial charge in [-0.1, -0.05) is 48.0 Å². The number of aromatic nitrogens is 1. The molecule has 3 heterocycles. The predicted octanol–water partition coefficient (Wildman–Crippen LogP) is 3.27. The molecule has 7 nitrogen and oxygen atoms in total. The van der Waals surface area contributed by atoms with Crippen molar-refractivity contribution in [1.82, 2.24) is 14.8 Å². The first-order valence-corrected chi connectivity index (χ1v) is 13.5. The highest BCUT2D eigenvalue weighted by molar-refractivity contribution is 7.91. The predicted molar refractivity (Wildman–Crippen MR) is 131 cm³/mol. The molecule has 9 heteroatoms. The number of sulfone groups is 1. The molecule has 0 N–H and O–H groups in total. The number of carbonyl (C=O) groups is 2. The lowest BCUT2D eigenvalue weighted by Gasteiger charge is -2.36. The summed E-state index contributed by atoms with van der Waals surface area (Å²) < 4.78 is 23.5. The van der Waals surface area contributed by atoms with Crippen LogP contribution >= 0.6 is 11.6 Å². The second kappa shape index (κ2) is 9.00. The fourth-order valence-corrected chi connectivity index (χ4v) is 6.67. The first-order chi connectivity index (χ1) is 16.3. The lowest BCUT2D eigenvalue weighted by atomic mass is 10.0. The normalized spacial score (nSPS) is 20.0. The van der Waals surface area contributed by atoms with E-state index < -0.39 is 15.8 Å². The van der Waals surface area contributed by atoms with E-state index in [4.69, 9.17) is 16.6 Å². The molecular weight excluding hydrogens is 474 g/mol. The largest absolute Gasteiger partial charge is 0.339 e. The molecule has 34 heavy (non-hydrogen) atoms. The first kappa shape index (κ1) is 22.8. The number of pyridine rings is 1. The summed E-state index contributed by atoms with van der Waals surface area (Å²) in [6, 6.07) is 16.7. The SMILES string of the molecule is O=C(c1cc(-c2ccccc2Cl)nc2ccccc12)N1CCN(C(=O)C2CCS(=O)(=O)C2)CC1. The summed E-state index contributed by atoms with van der Waals surface area (Å²) in [5.41, 5.74) is 2.64. The summed E-state index contributed by atoms with van der Waals surface area (Å²) in [4.78, 5) is 34.5. The number of fused-ring (bicyclic) bond motifs is 1. The summed E-state index contributed by atoms with van der Waals surface area (Å²) in [6.45, 7) is 1.56. The van der Waals surface area contributed by atoms with Crippen LogP contribution in [0.15, 0.2) is 54.6 Å². The number of nitrogens with zero attached hydrogens (tertiary/aromatic N) is 3. The number of para-hydroxylation sites is 1. The molecule has 2 amide bonds. The number of rotatable bonds is 3. The third kappa shape index (κ3) is 4.40. The Morgan fingerprint density at radius 2 is 1.62 bits per heavy atom. The van der Waals surface area contributed by atoms with Crippen molar-refractivity contribution in [1.29, 1.82) is 0 Å². The molecule has 2 fully saturated rings. The van der Waals surface area contributed by atoms with Gasteiger partial charge in [0.1, 0.15) is 0 Å². The zero-order valence-electron chi connectivity index (χ0n) is 18.5. The number of carbonyl (C=O) groups excluding carboxylic acids is 2. The van der Waals surface area contributed by atoms with E-state index >= 15 is 0 Å². The van der Waals surface area contributed by atoms with Crippen LogP contribution in [0.5, 0.6) is 0 Å². The van der Waals surface area contributed by atoms with Crippen molar-refractivity contribution < 1.29 is 18.0 Å². The minimum Gasteiger partial charge on any atom is -0.339 e. The fourth-order valence-electron chi connectivity index (χ4n) is 4.71. The van der Waals surface area contributed by atoms with Gasteiger partial charge in [0, 0.05) is 42.2 Å². The minimum absolute atomic E-state index is 0.0706. The third-order valence-electron chi connectivity index (χ3n) is 6.56. The molecule has 0 bridgehead atoms. The Bertz CT molecular complexity index is 1380. The smallest absolute Gasteiger partial charge is 0.254 e. The van der Waals surface area contributed by atoms with Crippen LogP contribution in [0.1, 0.15) is 16.8 Å². The zero-order chi connectivity index (χ0) is 23.9. The third-order valence-corrected chi connectivity index (χ3v) is 8.65. The van der Waals surface area contributed by atoms with E-state index in [0.717, 1.165) is 10.9 Å². The van der Waals surface area contributed by atoms with Crippen LogP contribution < -0.4 is 0 Å². The average Bonchev–Trinajstić information content (AvgIpc) is 3.22. The van der Waals surface area contributed by atoms with Gasteiger partial charge in [0.05, 0.1) is 34.2 Å². The minimum atomic E-state index is -3.12. The van der Waals surface area contributed by atoms with E-state index in [9.17, 15) is 18.0 Å². The Morgan fingerprint density at radius 3 is 2.32 bits per heavy atom. The lowest BCUT2D eigenvalue weighted by molar-refractivity contribution is -0.136. The number of piperazine rings is 1. The van der Waals surface area contributed by atoms with Crippen molar-refractivity contribution in [2.45, 2.75) is 6.42 Å². The molecule has 1 aromatic heterocycles. The van der Waals surface area contributed by atoms with Gasteiger partial charge in [-0.2, -0.15) is 0 Å². The number of halogens is 1. The van der Waals surface area contributed by atoms with Crippen LogP contribution in [-0.4, -0.2) is 72.7 Å². The summed E-state index contributed by atoms with van der Waals surface area (Å²) in [5.74, 6) is -0.704. The Morgan fingerprint density at radius 1 is 0.941 bits per heavy atom. The van der Waals surface area contributed by atoms with Crippen molar-refractivity contribution in [2.75, 3.05) is 37.7 Å². The lowest BCUT2D eigenvalue weighted by Crippen LogP contribution is -2.52. The zero-order valence-corrected chi connectivity index (χ0v) is 20.1. The molecule has 2 saturated heterocycles. The number of benzene rings is 2. The molecule has 2 aliphatic rings. The van der Waals surface area contributed by atoms with Crippen LogP contribution in [0.4, 0.5) is 0 Å². The first-order valence-electron chi connectivity index (χ1n) is 11.3. The number of hydrogen-bond donors (Lipinski definition) is 0. The number of hydrogen-bond acceptors (Lipinski definition) is 5. The van der Waals surface area contributed by atoms with Gasteiger partial charge in [-0.15, -0.1) is 0 Å². The van der Waals surface area contributed by atoms with E-state index in [1.807, 2.05) is 42.5 Å². The molecule has 0 spiro atoms. The summed E-state index contributed by atoms with van der Waals surface area (Å²) >= 11 is 6.40. The maximum Gasteiger partial charge on any atom is 0.254 e. The van der Waals surface area contributed by atoms with E-state index in [-0.39, 0.29) is 23.3 Å². The van der Waals surface area contributed by atoms with Crippen LogP contribution in [-0.2, 0) is 14.6 Å². The van der Waals surface area contributed by atoms with Gasteiger partial charge in [0.15, 0.2) is 9.84 Å². The molecule has 0 aliphatic carbocycles. The summed E-state index contributed by atoms with van der Waals surface area (Å²) in [7, 11) is -3.12. The van der Waals surface area contributed by atoms with Gasteiger partial charge in [-0.25, -0.2) is 13.4 Å². The van der Waals surface area contributed by atoms with Crippen molar-refractivity contribution in [2.24, 2.45) is 5.92 Å². The van der Waals surface area contributed by atoms with E-state index in [0.29, 0.717) is 54.4 Å². The summed E-state index contributed by atoms with van der Waals surface area (Å²) in [5, 5.41) is 1.32. The van der Waals surface area contributed by atoms with Crippen molar-refractivity contribution in [3.05, 3.63) is 65.2 Å². The Hall–Kier alpha value is -2.97. The summed E-state index contributed by atoms with van der Waals surface area (Å²) in [6.07, 6.45) is 0.383. The molecule has 176 valence electrons. The molecule has 2 aliphatic heterocycles. The molecule has 2 aromatic carbocycles. The molecule has 1 unspecified atom stereocenters. The van der Waals surface area contributed by atoms with Gasteiger partial charge >= 0.3 is 0 Å². The van der Waals surface area contributed by atoms with Crippen LogP contribution in [0.2, 0.25) is 5.02 Å². The highest BCUT2D eigenvalue weighted by Crippen LogP contribution is 2.30. The molecule has 3 aromatic rings. The standard InChI is InChI=1S/C25H24ClN3O4S/c26-21-7-3-1-6-19(21)23-15-20(18-5-2-4-8-22(18)27-23)25(31)29-12-10-28(11-13-29)24(30)17-9-14-34(32,33)16-17/h1-8,15,17H,9-14,16H2. The maximum absolute atomic E-state index is 13.6. The molecular formula is C25H24ClN3O4S. The van der Waals surface area contributed by atoms with Gasteiger partial charge in [-0.3, -0.25) is 9.59 Å². The molecule has 1 atom stereocenters. The molecule has 0 saturated carbocycles. The Kier molecular flexibility index (Phi) is 6.04. The molecule has 0 radical (unpaired) electrons. The van der Waals surface area contributed by atoms with Gasteiger partial charge in [-0.05, 0) is 24.6 Å². The average molecular weight is 498 g/mol. The molecule has 5 rings (SSSR count). The number of amides is 2. The van der Waals surface area contributed by atoms with Gasteiger partial charge in [0.2, 0.25) is 5.91 Å². The maximum atomic E-state index is 13.6. The van der Waals surface area contributed by atoms with Crippen LogP contribution in [0.3, 0.4) is 0 Å². The topological polar surface area (TPSA) is 87.7 Å². The highest BCUT2D eigenvalue weighted by atomic mass is 35.5. The van der Waals surface area contributed by atoms with E-state index in [1.165, 1.54) is 0 Å². The Labute approximate surface area is 203 Å². The monoisotopic (exact) mass is 497 g/mol. The second-order valence-corrected chi connectivity index (χ2v) is 11.4. The van der Waals surface area contributed by atoms with Crippen molar-refractivity contribution in [3.8, 4) is 11.3 Å². The van der Waals surface area contributed by atoms with Crippen LogP contribution in [0, 0.1) is 5.92 Å². The van der Waals surface area contributed by atoms with Crippen molar-refractivity contribution >= 4 is 44.2 Å².